The van der Waals surface area contributed by atoms with Crippen LogP contribution in [-0.4, -0.2) is 16.7 Å². The van der Waals surface area contributed by atoms with E-state index >= 15 is 0 Å². The zero-order valence-corrected chi connectivity index (χ0v) is 10.7. The molecule has 1 aromatic heterocycles. The van der Waals surface area contributed by atoms with Crippen molar-refractivity contribution in [3.8, 4) is 0 Å². The van der Waals surface area contributed by atoms with Crippen molar-refractivity contribution in [3.05, 3.63) is 52.6 Å². The molecule has 2 N–H and O–H groups in total. The lowest BCUT2D eigenvalue weighted by atomic mass is 10.2. The summed E-state index contributed by atoms with van der Waals surface area (Å²) >= 11 is 5.61. The van der Waals surface area contributed by atoms with E-state index in [4.69, 9.17) is 11.6 Å². The Balaban J connectivity index is 2.21. The predicted molar refractivity (Wildman–Crippen MR) is 70.2 cm³/mol. The molecule has 0 aliphatic rings. The van der Waals surface area contributed by atoms with Gasteiger partial charge in [0, 0.05) is 11.8 Å². The summed E-state index contributed by atoms with van der Waals surface area (Å²) < 4.78 is 13.6. The van der Waals surface area contributed by atoms with Crippen molar-refractivity contribution >= 4 is 29.0 Å². The summed E-state index contributed by atoms with van der Waals surface area (Å²) in [7, 11) is 0. The Labute approximate surface area is 113 Å². The van der Waals surface area contributed by atoms with Crippen LogP contribution in [0.5, 0.6) is 0 Å². The fourth-order valence-electron chi connectivity index (χ4n) is 1.52. The maximum atomic E-state index is 13.6. The normalized spacial score (nSPS) is 10.3. The summed E-state index contributed by atoms with van der Waals surface area (Å²) in [6, 6.07) is 5.71. The minimum Gasteiger partial charge on any atom is -0.356 e. The molecule has 6 heteroatoms. The van der Waals surface area contributed by atoms with Gasteiger partial charge in [0.15, 0.2) is 11.6 Å². The molecule has 0 aliphatic heterocycles. The molecule has 0 unspecified atom stereocenters. The van der Waals surface area contributed by atoms with Gasteiger partial charge in [-0.25, -0.2) is 4.39 Å². The lowest BCUT2D eigenvalue weighted by Gasteiger charge is -2.05. The molecule has 98 valence electrons. The van der Waals surface area contributed by atoms with Crippen molar-refractivity contribution in [1.29, 1.82) is 0 Å². The highest BCUT2D eigenvalue weighted by Gasteiger charge is 2.13. The second kappa shape index (κ2) is 5.24. The van der Waals surface area contributed by atoms with E-state index in [1.165, 1.54) is 37.4 Å². The number of nitrogens with one attached hydrogen (secondary N) is 2. The van der Waals surface area contributed by atoms with Gasteiger partial charge >= 0.3 is 0 Å². The molecule has 1 aromatic carbocycles. The molecule has 0 radical (unpaired) electrons. The van der Waals surface area contributed by atoms with E-state index in [2.05, 4.69) is 10.3 Å². The first-order valence-electron chi connectivity index (χ1n) is 5.43. The molecule has 0 atom stereocenters. The first-order valence-corrected chi connectivity index (χ1v) is 5.81. The Bertz CT molecular complexity index is 652. The maximum Gasteiger partial charge on any atom is 0.272 e. The summed E-state index contributed by atoms with van der Waals surface area (Å²) in [5.41, 5.74) is 0.540. The molecule has 0 bridgehead atoms. The maximum absolute atomic E-state index is 13.6. The molecular weight excluding hydrogens is 271 g/mol. The number of carbonyl (C=O) groups is 2. The average molecular weight is 281 g/mol. The van der Waals surface area contributed by atoms with Crippen LogP contribution in [0.2, 0.25) is 5.02 Å². The number of amides is 1. The number of ketones is 1. The van der Waals surface area contributed by atoms with Gasteiger partial charge < -0.3 is 10.3 Å². The fraction of sp³-hybridized carbons (Fsp3) is 0.0769. The van der Waals surface area contributed by atoms with Crippen molar-refractivity contribution in [3.63, 3.8) is 0 Å². The van der Waals surface area contributed by atoms with Crippen LogP contribution in [0.3, 0.4) is 0 Å². The molecule has 0 spiro atoms. The molecule has 1 amide bonds. The Kier molecular flexibility index (Phi) is 3.66. The lowest BCUT2D eigenvalue weighted by molar-refractivity contribution is 0.101. The number of aromatic nitrogens is 1. The van der Waals surface area contributed by atoms with E-state index < -0.39 is 11.7 Å². The highest BCUT2D eigenvalue weighted by Crippen LogP contribution is 2.22. The molecule has 0 saturated carbocycles. The van der Waals surface area contributed by atoms with Crippen molar-refractivity contribution in [2.75, 3.05) is 5.32 Å². The molecule has 0 saturated heterocycles. The van der Waals surface area contributed by atoms with Crippen LogP contribution in [0.15, 0.2) is 30.5 Å². The van der Waals surface area contributed by atoms with Gasteiger partial charge in [0.2, 0.25) is 0 Å². The molecule has 4 nitrogen and oxygen atoms in total. The highest BCUT2D eigenvalue weighted by atomic mass is 35.5. The number of anilines is 1. The highest BCUT2D eigenvalue weighted by molar-refractivity contribution is 6.31. The van der Waals surface area contributed by atoms with Crippen LogP contribution < -0.4 is 5.32 Å². The third-order valence-electron chi connectivity index (χ3n) is 2.53. The third kappa shape index (κ3) is 2.82. The monoisotopic (exact) mass is 280 g/mol. The number of H-pyrrole nitrogens is 1. The number of hydrogen-bond donors (Lipinski definition) is 2. The second-order valence-corrected chi connectivity index (χ2v) is 4.32. The van der Waals surface area contributed by atoms with Crippen molar-refractivity contribution in [2.45, 2.75) is 6.92 Å². The van der Waals surface area contributed by atoms with E-state index in [-0.39, 0.29) is 22.2 Å². The topological polar surface area (TPSA) is 62.0 Å². The summed E-state index contributed by atoms with van der Waals surface area (Å²) in [5.74, 6) is -1.41. The lowest BCUT2D eigenvalue weighted by Crippen LogP contribution is -2.13. The van der Waals surface area contributed by atoms with Crippen LogP contribution >= 0.6 is 11.6 Å². The van der Waals surface area contributed by atoms with Gasteiger partial charge in [0.1, 0.15) is 5.69 Å². The van der Waals surface area contributed by atoms with Crippen molar-refractivity contribution in [2.24, 2.45) is 0 Å². The molecule has 1 heterocycles. The number of rotatable bonds is 3. The summed E-state index contributed by atoms with van der Waals surface area (Å²) in [6.07, 6.45) is 1.42. The van der Waals surface area contributed by atoms with Crippen LogP contribution in [0.1, 0.15) is 27.8 Å². The number of Topliss-reactive ketones (excluding diaryl/α,β-unsaturated/α-hetero) is 1. The van der Waals surface area contributed by atoms with E-state index in [1.807, 2.05) is 0 Å². The Morgan fingerprint density at radius 2 is 2.11 bits per heavy atom. The van der Waals surface area contributed by atoms with Crippen molar-refractivity contribution < 1.29 is 14.0 Å². The largest absolute Gasteiger partial charge is 0.356 e. The van der Waals surface area contributed by atoms with Gasteiger partial charge in [-0.2, -0.15) is 0 Å². The summed E-state index contributed by atoms with van der Waals surface area (Å²) in [5, 5.41) is 2.30. The first kappa shape index (κ1) is 13.3. The SMILES string of the molecule is CC(=O)c1c[nH]c(C(=O)Nc2cccc(Cl)c2F)c1. The number of hydrogen-bond acceptors (Lipinski definition) is 2. The zero-order chi connectivity index (χ0) is 14.0. The quantitative estimate of drug-likeness (QED) is 0.848. The fourth-order valence-corrected chi connectivity index (χ4v) is 1.69. The number of benzene rings is 1. The van der Waals surface area contributed by atoms with Crippen LogP contribution in [0.25, 0.3) is 0 Å². The van der Waals surface area contributed by atoms with Gasteiger partial charge in [0.25, 0.3) is 5.91 Å². The van der Waals surface area contributed by atoms with Crippen LogP contribution in [-0.2, 0) is 0 Å². The van der Waals surface area contributed by atoms with E-state index in [9.17, 15) is 14.0 Å². The third-order valence-corrected chi connectivity index (χ3v) is 2.83. The van der Waals surface area contributed by atoms with E-state index in [0.717, 1.165) is 0 Å². The van der Waals surface area contributed by atoms with Gasteiger partial charge in [-0.1, -0.05) is 17.7 Å². The Morgan fingerprint density at radius 3 is 2.74 bits per heavy atom. The van der Waals surface area contributed by atoms with Gasteiger partial charge in [-0.15, -0.1) is 0 Å². The minimum atomic E-state index is -0.698. The minimum absolute atomic E-state index is 0.0172. The van der Waals surface area contributed by atoms with Crippen molar-refractivity contribution in [1.82, 2.24) is 4.98 Å². The average Bonchev–Trinajstić information content (AvgIpc) is 2.84. The number of aromatic amines is 1. The van der Waals surface area contributed by atoms with Gasteiger partial charge in [-0.3, -0.25) is 9.59 Å². The standard InChI is InChI=1S/C13H10ClFN2O2/c1-7(18)8-5-11(16-6-8)13(19)17-10-4-2-3-9(14)12(10)15/h2-6,16H,1H3,(H,17,19). The number of carbonyl (C=O) groups excluding carboxylic acids is 2. The Hall–Kier alpha value is -2.14. The van der Waals surface area contributed by atoms with E-state index in [1.54, 1.807) is 0 Å². The summed E-state index contributed by atoms with van der Waals surface area (Å²) in [6.45, 7) is 1.39. The molecule has 19 heavy (non-hydrogen) atoms. The number of halogens is 2. The molecule has 2 aromatic rings. The molecule has 0 aliphatic carbocycles. The van der Waals surface area contributed by atoms with Gasteiger partial charge in [0.05, 0.1) is 10.7 Å². The molecular formula is C13H10ClFN2O2. The van der Waals surface area contributed by atoms with Crippen LogP contribution in [0, 0.1) is 5.82 Å². The van der Waals surface area contributed by atoms with E-state index in [0.29, 0.717) is 5.56 Å². The smallest absolute Gasteiger partial charge is 0.272 e. The first-order chi connectivity index (χ1) is 8.99. The summed E-state index contributed by atoms with van der Waals surface area (Å²) in [4.78, 5) is 25.6. The zero-order valence-electron chi connectivity index (χ0n) is 9.96. The predicted octanol–water partition coefficient (Wildman–Crippen LogP) is 3.26. The second-order valence-electron chi connectivity index (χ2n) is 3.91. The molecule has 2 rings (SSSR count). The molecule has 0 fully saturated rings. The van der Waals surface area contributed by atoms with Gasteiger partial charge in [-0.05, 0) is 25.1 Å². The van der Waals surface area contributed by atoms with Crippen LogP contribution in [0.4, 0.5) is 10.1 Å². The Morgan fingerprint density at radius 1 is 1.37 bits per heavy atom.